The van der Waals surface area contributed by atoms with Gasteiger partial charge in [0.2, 0.25) is 6.79 Å². The van der Waals surface area contributed by atoms with Gasteiger partial charge in [0.1, 0.15) is 5.75 Å². The Morgan fingerprint density at radius 1 is 1.20 bits per heavy atom. The largest absolute Gasteiger partial charge is 0.493 e. The highest BCUT2D eigenvalue weighted by molar-refractivity contribution is 5.60. The van der Waals surface area contributed by atoms with E-state index in [9.17, 15) is 0 Å². The van der Waals surface area contributed by atoms with Crippen LogP contribution in [0.15, 0.2) is 6.07 Å². The molecule has 2 N–H and O–H groups in total. The van der Waals surface area contributed by atoms with E-state index in [1.165, 1.54) is 0 Å². The summed E-state index contributed by atoms with van der Waals surface area (Å²) in [5, 5.41) is 0. The number of hydrogen-bond donors (Lipinski definition) is 1. The molecule has 0 fully saturated rings. The van der Waals surface area contributed by atoms with E-state index in [4.69, 9.17) is 19.9 Å². The van der Waals surface area contributed by atoms with Gasteiger partial charge in [-0.2, -0.15) is 0 Å². The number of benzene rings is 1. The first-order chi connectivity index (χ1) is 7.40. The summed E-state index contributed by atoms with van der Waals surface area (Å²) in [6, 6.07) is 1.99. The molecule has 4 heteroatoms. The van der Waals surface area contributed by atoms with Gasteiger partial charge in [0, 0.05) is 12.0 Å². The third-order valence-corrected chi connectivity index (χ3v) is 2.80. The fraction of sp³-hybridized carbons (Fsp3) is 0.455. The van der Waals surface area contributed by atoms with E-state index in [0.29, 0.717) is 13.3 Å². The molecule has 0 saturated heterocycles. The van der Waals surface area contributed by atoms with Gasteiger partial charge in [-0.25, -0.2) is 0 Å². The Hall–Kier alpha value is -1.42. The van der Waals surface area contributed by atoms with Crippen molar-refractivity contribution in [3.63, 3.8) is 0 Å². The van der Waals surface area contributed by atoms with Crippen LogP contribution in [0.5, 0.6) is 17.2 Å². The molecule has 4 nitrogen and oxygen atoms in total. The van der Waals surface area contributed by atoms with E-state index in [1.54, 1.807) is 0 Å². The summed E-state index contributed by atoms with van der Waals surface area (Å²) >= 11 is 0. The Bertz CT molecular complexity index is 403. The minimum Gasteiger partial charge on any atom is -0.493 e. The molecular weight excluding hydrogens is 194 g/mol. The third-order valence-electron chi connectivity index (χ3n) is 2.80. The van der Waals surface area contributed by atoms with Crippen LogP contribution in [0.1, 0.15) is 11.1 Å². The van der Waals surface area contributed by atoms with Crippen LogP contribution >= 0.6 is 0 Å². The second-order valence-electron chi connectivity index (χ2n) is 3.71. The molecule has 0 amide bonds. The van der Waals surface area contributed by atoms with Gasteiger partial charge in [-0.05, 0) is 24.6 Å². The van der Waals surface area contributed by atoms with Gasteiger partial charge in [-0.3, -0.25) is 0 Å². The predicted molar refractivity (Wildman–Crippen MR) is 54.5 cm³/mol. The monoisotopic (exact) mass is 207 g/mol. The lowest BCUT2D eigenvalue weighted by molar-refractivity contribution is 0.173. The zero-order valence-electron chi connectivity index (χ0n) is 8.41. The van der Waals surface area contributed by atoms with Crippen molar-refractivity contribution in [1.29, 1.82) is 0 Å². The molecule has 1 aromatic carbocycles. The van der Waals surface area contributed by atoms with Crippen LogP contribution in [0.3, 0.4) is 0 Å². The Kier molecular flexibility index (Phi) is 1.95. The molecule has 80 valence electrons. The van der Waals surface area contributed by atoms with Crippen molar-refractivity contribution in [3.8, 4) is 17.2 Å². The molecule has 15 heavy (non-hydrogen) atoms. The van der Waals surface area contributed by atoms with Crippen LogP contribution < -0.4 is 19.9 Å². The highest BCUT2D eigenvalue weighted by Gasteiger charge is 2.27. The van der Waals surface area contributed by atoms with Gasteiger partial charge in [0.25, 0.3) is 0 Å². The lowest BCUT2D eigenvalue weighted by atomic mass is 10.0. The summed E-state index contributed by atoms with van der Waals surface area (Å²) < 4.78 is 16.4. The van der Waals surface area contributed by atoms with Crippen molar-refractivity contribution in [2.24, 2.45) is 5.73 Å². The summed E-state index contributed by atoms with van der Waals surface area (Å²) in [5.74, 6) is 2.66. The van der Waals surface area contributed by atoms with Crippen molar-refractivity contribution < 1.29 is 14.2 Å². The first-order valence-corrected chi connectivity index (χ1v) is 5.17. The van der Waals surface area contributed by atoms with E-state index < -0.39 is 0 Å². The highest BCUT2D eigenvalue weighted by Crippen LogP contribution is 2.45. The molecule has 0 atom stereocenters. The van der Waals surface area contributed by atoms with Gasteiger partial charge in [-0.15, -0.1) is 0 Å². The average Bonchev–Trinajstić information content (AvgIpc) is 2.84. The zero-order chi connectivity index (χ0) is 10.3. The van der Waals surface area contributed by atoms with Crippen LogP contribution in [0.4, 0.5) is 0 Å². The van der Waals surface area contributed by atoms with Crippen LogP contribution in [0.25, 0.3) is 0 Å². The zero-order valence-corrected chi connectivity index (χ0v) is 8.41. The summed E-state index contributed by atoms with van der Waals surface area (Å²) in [7, 11) is 0. The SMILES string of the molecule is NCCc1cc2c(c3c1OCC3)OCO2. The number of nitrogens with two attached hydrogens (primary N) is 1. The molecule has 0 unspecified atom stereocenters. The quantitative estimate of drug-likeness (QED) is 0.781. The second-order valence-corrected chi connectivity index (χ2v) is 3.71. The van der Waals surface area contributed by atoms with Crippen LogP contribution in [0, 0.1) is 0 Å². The molecule has 3 rings (SSSR count). The van der Waals surface area contributed by atoms with Crippen molar-refractivity contribution >= 4 is 0 Å². The summed E-state index contributed by atoms with van der Waals surface area (Å²) in [4.78, 5) is 0. The van der Waals surface area contributed by atoms with Gasteiger partial charge < -0.3 is 19.9 Å². The average molecular weight is 207 g/mol. The van der Waals surface area contributed by atoms with Crippen molar-refractivity contribution in [1.82, 2.24) is 0 Å². The fourth-order valence-corrected chi connectivity index (χ4v) is 2.16. The van der Waals surface area contributed by atoms with Crippen molar-refractivity contribution in [2.45, 2.75) is 12.8 Å². The molecule has 0 spiro atoms. The lowest BCUT2D eigenvalue weighted by Crippen LogP contribution is -2.04. The summed E-state index contributed by atoms with van der Waals surface area (Å²) in [6.45, 7) is 1.66. The van der Waals surface area contributed by atoms with E-state index in [-0.39, 0.29) is 0 Å². The van der Waals surface area contributed by atoms with Crippen LogP contribution in [-0.4, -0.2) is 19.9 Å². The standard InChI is InChI=1S/C11H13NO3/c12-3-1-7-5-9-11(15-6-14-9)8-2-4-13-10(7)8/h5H,1-4,6,12H2. The predicted octanol–water partition coefficient (Wildman–Crippen LogP) is 0.851. The van der Waals surface area contributed by atoms with E-state index in [1.807, 2.05) is 6.07 Å². The molecule has 0 radical (unpaired) electrons. The van der Waals surface area contributed by atoms with Crippen molar-refractivity contribution in [3.05, 3.63) is 17.2 Å². The fourth-order valence-electron chi connectivity index (χ4n) is 2.16. The first kappa shape index (κ1) is 8.85. The lowest BCUT2D eigenvalue weighted by Gasteiger charge is -2.09. The van der Waals surface area contributed by atoms with Gasteiger partial charge in [-0.1, -0.05) is 0 Å². The number of hydrogen-bond acceptors (Lipinski definition) is 4. The van der Waals surface area contributed by atoms with E-state index >= 15 is 0 Å². The minimum atomic E-state index is 0.313. The van der Waals surface area contributed by atoms with Gasteiger partial charge in [0.05, 0.1) is 6.61 Å². The third kappa shape index (κ3) is 1.25. The summed E-state index contributed by atoms with van der Waals surface area (Å²) in [6.07, 6.45) is 1.72. The molecule has 2 aliphatic rings. The maximum Gasteiger partial charge on any atom is 0.231 e. The topological polar surface area (TPSA) is 53.7 Å². The number of fused-ring (bicyclic) bond motifs is 3. The molecule has 0 aromatic heterocycles. The first-order valence-electron chi connectivity index (χ1n) is 5.17. The molecule has 0 aliphatic carbocycles. The van der Waals surface area contributed by atoms with E-state index in [0.717, 1.165) is 47.8 Å². The molecular formula is C11H13NO3. The normalized spacial score (nSPS) is 16.3. The number of rotatable bonds is 2. The Morgan fingerprint density at radius 2 is 2.13 bits per heavy atom. The van der Waals surface area contributed by atoms with E-state index in [2.05, 4.69) is 0 Å². The van der Waals surface area contributed by atoms with Crippen LogP contribution in [0.2, 0.25) is 0 Å². The highest BCUT2D eigenvalue weighted by atomic mass is 16.7. The molecule has 0 saturated carbocycles. The minimum absolute atomic E-state index is 0.313. The van der Waals surface area contributed by atoms with Gasteiger partial charge in [0.15, 0.2) is 11.5 Å². The maximum absolute atomic E-state index is 5.62. The smallest absolute Gasteiger partial charge is 0.231 e. The summed E-state index contributed by atoms with van der Waals surface area (Å²) in [5.41, 5.74) is 7.85. The molecule has 0 bridgehead atoms. The number of ether oxygens (including phenoxy) is 3. The Balaban J connectivity index is 2.14. The molecule has 2 heterocycles. The molecule has 1 aromatic rings. The Labute approximate surface area is 87.9 Å². The molecule has 2 aliphatic heterocycles. The second kappa shape index (κ2) is 3.31. The Morgan fingerprint density at radius 3 is 3.00 bits per heavy atom. The maximum atomic E-state index is 5.62. The van der Waals surface area contributed by atoms with Gasteiger partial charge >= 0.3 is 0 Å². The van der Waals surface area contributed by atoms with Crippen molar-refractivity contribution in [2.75, 3.05) is 19.9 Å². The van der Waals surface area contributed by atoms with Crippen LogP contribution in [-0.2, 0) is 12.8 Å².